The predicted molar refractivity (Wildman–Crippen MR) is 72.3 cm³/mol. The summed E-state index contributed by atoms with van der Waals surface area (Å²) in [5, 5.41) is 2.71. The quantitative estimate of drug-likeness (QED) is 0.916. The van der Waals surface area contributed by atoms with Crippen LogP contribution in [0.4, 0.5) is 5.69 Å². The molecule has 0 fully saturated rings. The summed E-state index contributed by atoms with van der Waals surface area (Å²) in [6.07, 6.45) is 1.53. The Morgan fingerprint density at radius 3 is 2.39 bits per heavy atom. The smallest absolute Gasteiger partial charge is 0.224 e. The Morgan fingerprint density at radius 1 is 1.28 bits per heavy atom. The number of hydrogen-bond acceptors (Lipinski definition) is 3. The third kappa shape index (κ3) is 4.87. The van der Waals surface area contributed by atoms with Gasteiger partial charge in [0.25, 0.3) is 0 Å². The molecule has 1 amide bonds. The Labute approximate surface area is 108 Å². The number of rotatable bonds is 3. The highest BCUT2D eigenvalue weighted by Crippen LogP contribution is 2.20. The van der Waals surface area contributed by atoms with Gasteiger partial charge in [0.15, 0.2) is 9.84 Å². The lowest BCUT2D eigenvalue weighted by molar-refractivity contribution is -0.117. The first-order valence-electron chi connectivity index (χ1n) is 5.68. The van der Waals surface area contributed by atoms with Crippen molar-refractivity contribution in [3.8, 4) is 0 Å². The van der Waals surface area contributed by atoms with E-state index in [0.29, 0.717) is 12.1 Å². The topological polar surface area (TPSA) is 63.2 Å². The maximum absolute atomic E-state index is 11.7. The third-order valence-corrected chi connectivity index (χ3v) is 3.35. The number of carbonyl (C=O) groups excluding carboxylic acids is 1. The number of benzene rings is 1. The van der Waals surface area contributed by atoms with Crippen molar-refractivity contribution in [2.75, 3.05) is 11.6 Å². The fraction of sp³-hybridized carbons (Fsp3) is 0.462. The second kappa shape index (κ2) is 5.10. The van der Waals surface area contributed by atoms with Gasteiger partial charge in [-0.2, -0.15) is 0 Å². The van der Waals surface area contributed by atoms with Crippen LogP contribution in [-0.2, 0) is 14.6 Å². The maximum atomic E-state index is 11.7. The van der Waals surface area contributed by atoms with E-state index in [4.69, 9.17) is 0 Å². The zero-order chi connectivity index (χ0) is 14.0. The van der Waals surface area contributed by atoms with Crippen LogP contribution >= 0.6 is 0 Å². The lowest BCUT2D eigenvalue weighted by atomic mass is 9.92. The van der Waals surface area contributed by atoms with Gasteiger partial charge in [0.05, 0.1) is 4.90 Å². The highest BCUT2D eigenvalue weighted by molar-refractivity contribution is 7.90. The Hall–Kier alpha value is -1.36. The Bertz CT molecular complexity index is 542. The third-order valence-electron chi connectivity index (χ3n) is 2.24. The fourth-order valence-corrected chi connectivity index (χ4v) is 2.16. The largest absolute Gasteiger partial charge is 0.326 e. The van der Waals surface area contributed by atoms with Crippen LogP contribution in [0.1, 0.15) is 27.2 Å². The first-order valence-corrected chi connectivity index (χ1v) is 7.57. The summed E-state index contributed by atoms with van der Waals surface area (Å²) in [5.41, 5.74) is 0.408. The van der Waals surface area contributed by atoms with E-state index in [1.54, 1.807) is 12.1 Å². The van der Waals surface area contributed by atoms with Gasteiger partial charge in [-0.25, -0.2) is 8.42 Å². The lowest BCUT2D eigenvalue weighted by Gasteiger charge is -2.17. The number of sulfone groups is 1. The summed E-state index contributed by atoms with van der Waals surface area (Å²) in [7, 11) is -3.25. The van der Waals surface area contributed by atoms with Gasteiger partial charge >= 0.3 is 0 Å². The van der Waals surface area contributed by atoms with Crippen LogP contribution in [-0.4, -0.2) is 20.6 Å². The van der Waals surface area contributed by atoms with Crippen molar-refractivity contribution < 1.29 is 13.2 Å². The molecule has 0 saturated carbocycles. The first-order chi connectivity index (χ1) is 8.08. The SMILES string of the molecule is CC(C)(C)CC(=O)Nc1cccc(S(C)(=O)=O)c1. The van der Waals surface area contributed by atoms with Crippen LogP contribution in [0.15, 0.2) is 29.2 Å². The maximum Gasteiger partial charge on any atom is 0.224 e. The van der Waals surface area contributed by atoms with Gasteiger partial charge in [0, 0.05) is 18.4 Å². The van der Waals surface area contributed by atoms with Crippen molar-refractivity contribution >= 4 is 21.4 Å². The summed E-state index contributed by atoms with van der Waals surface area (Å²) in [4.78, 5) is 11.9. The van der Waals surface area contributed by atoms with Crippen LogP contribution < -0.4 is 5.32 Å². The summed E-state index contributed by atoms with van der Waals surface area (Å²) in [5.74, 6) is -0.117. The summed E-state index contributed by atoms with van der Waals surface area (Å²) < 4.78 is 22.8. The van der Waals surface area contributed by atoms with Crippen molar-refractivity contribution in [3.05, 3.63) is 24.3 Å². The minimum Gasteiger partial charge on any atom is -0.326 e. The standard InChI is InChI=1S/C13H19NO3S/c1-13(2,3)9-12(15)14-10-6-5-7-11(8-10)18(4,16)17/h5-8H,9H2,1-4H3,(H,14,15). The van der Waals surface area contributed by atoms with Crippen LogP contribution in [0.3, 0.4) is 0 Å². The molecule has 0 aliphatic rings. The molecule has 0 spiro atoms. The Kier molecular flexibility index (Phi) is 4.16. The molecule has 0 radical (unpaired) electrons. The van der Waals surface area contributed by atoms with E-state index in [9.17, 15) is 13.2 Å². The van der Waals surface area contributed by atoms with Crippen LogP contribution in [0.5, 0.6) is 0 Å². The molecule has 0 aliphatic carbocycles. The van der Waals surface area contributed by atoms with Gasteiger partial charge in [-0.1, -0.05) is 26.8 Å². The average Bonchev–Trinajstić information content (AvgIpc) is 2.13. The molecule has 4 nitrogen and oxygen atoms in total. The molecule has 0 heterocycles. The van der Waals surface area contributed by atoms with Crippen molar-refractivity contribution in [2.24, 2.45) is 5.41 Å². The average molecular weight is 269 g/mol. The van der Waals surface area contributed by atoms with Gasteiger partial charge < -0.3 is 5.32 Å². The van der Waals surface area contributed by atoms with Gasteiger partial charge in [0.1, 0.15) is 0 Å². The van der Waals surface area contributed by atoms with E-state index in [1.165, 1.54) is 12.1 Å². The number of amides is 1. The summed E-state index contributed by atoms with van der Waals surface area (Å²) >= 11 is 0. The molecule has 0 aliphatic heterocycles. The van der Waals surface area contributed by atoms with Crippen LogP contribution in [0.2, 0.25) is 0 Å². The molecule has 1 aromatic carbocycles. The van der Waals surface area contributed by atoms with E-state index in [-0.39, 0.29) is 16.2 Å². The monoisotopic (exact) mass is 269 g/mol. The molecule has 5 heteroatoms. The minimum absolute atomic E-state index is 0.0987. The predicted octanol–water partition coefficient (Wildman–Crippen LogP) is 2.46. The fourth-order valence-electron chi connectivity index (χ4n) is 1.49. The lowest BCUT2D eigenvalue weighted by Crippen LogP contribution is -2.19. The molecule has 0 bridgehead atoms. The van der Waals surface area contributed by atoms with E-state index in [0.717, 1.165) is 6.26 Å². The van der Waals surface area contributed by atoms with E-state index in [1.807, 2.05) is 20.8 Å². The van der Waals surface area contributed by atoms with E-state index >= 15 is 0 Å². The number of carbonyl (C=O) groups is 1. The zero-order valence-electron chi connectivity index (χ0n) is 11.1. The number of anilines is 1. The molecule has 1 N–H and O–H groups in total. The first kappa shape index (κ1) is 14.7. The van der Waals surface area contributed by atoms with Crippen molar-refractivity contribution in [3.63, 3.8) is 0 Å². The molecule has 1 rings (SSSR count). The van der Waals surface area contributed by atoms with Gasteiger partial charge in [-0.3, -0.25) is 4.79 Å². The molecule has 100 valence electrons. The van der Waals surface area contributed by atoms with Crippen molar-refractivity contribution in [1.82, 2.24) is 0 Å². The van der Waals surface area contributed by atoms with E-state index in [2.05, 4.69) is 5.32 Å². The highest BCUT2D eigenvalue weighted by atomic mass is 32.2. The van der Waals surface area contributed by atoms with Crippen molar-refractivity contribution in [2.45, 2.75) is 32.1 Å². The normalized spacial score (nSPS) is 12.2. The number of hydrogen-bond donors (Lipinski definition) is 1. The van der Waals surface area contributed by atoms with Gasteiger partial charge in [-0.15, -0.1) is 0 Å². The molecule has 1 aromatic rings. The highest BCUT2D eigenvalue weighted by Gasteiger charge is 2.16. The number of nitrogens with one attached hydrogen (secondary N) is 1. The van der Waals surface area contributed by atoms with Crippen molar-refractivity contribution in [1.29, 1.82) is 0 Å². The Morgan fingerprint density at radius 2 is 1.89 bits per heavy atom. The molecular formula is C13H19NO3S. The van der Waals surface area contributed by atoms with Gasteiger partial charge in [-0.05, 0) is 23.6 Å². The van der Waals surface area contributed by atoms with Crippen LogP contribution in [0, 0.1) is 5.41 Å². The molecular weight excluding hydrogens is 250 g/mol. The van der Waals surface area contributed by atoms with E-state index < -0.39 is 9.84 Å². The van der Waals surface area contributed by atoms with Crippen LogP contribution in [0.25, 0.3) is 0 Å². The Balaban J connectivity index is 2.84. The second-order valence-corrected chi connectivity index (χ2v) is 7.60. The molecule has 0 unspecified atom stereocenters. The van der Waals surface area contributed by atoms with Gasteiger partial charge in [0.2, 0.25) is 5.91 Å². The zero-order valence-corrected chi connectivity index (χ0v) is 12.0. The molecule has 18 heavy (non-hydrogen) atoms. The molecule has 0 aromatic heterocycles. The summed E-state index contributed by atoms with van der Waals surface area (Å²) in [6, 6.07) is 6.27. The summed E-state index contributed by atoms with van der Waals surface area (Å²) in [6.45, 7) is 5.92. The molecule has 0 atom stereocenters. The minimum atomic E-state index is -3.25. The second-order valence-electron chi connectivity index (χ2n) is 5.59. The molecule has 0 saturated heterocycles.